The summed E-state index contributed by atoms with van der Waals surface area (Å²) in [5.41, 5.74) is 2.96. The molecule has 6 heteroatoms. The van der Waals surface area contributed by atoms with E-state index in [2.05, 4.69) is 58.6 Å². The number of hydrogen-bond acceptors (Lipinski definition) is 4. The van der Waals surface area contributed by atoms with Gasteiger partial charge in [-0.1, -0.05) is 61.5 Å². The van der Waals surface area contributed by atoms with Gasteiger partial charge in [0.15, 0.2) is 0 Å². The van der Waals surface area contributed by atoms with Gasteiger partial charge in [0.05, 0.1) is 5.52 Å². The van der Waals surface area contributed by atoms with Crippen LogP contribution in [0.1, 0.15) is 19.4 Å². The molecule has 0 aliphatic rings. The van der Waals surface area contributed by atoms with Crippen LogP contribution in [-0.4, -0.2) is 51.5 Å². The van der Waals surface area contributed by atoms with Gasteiger partial charge in [-0.25, -0.2) is 4.68 Å². The first-order valence-corrected chi connectivity index (χ1v) is 9.54. The Morgan fingerprint density at radius 1 is 1.07 bits per heavy atom. The Hall–Kier alpha value is -2.73. The van der Waals surface area contributed by atoms with Crippen molar-refractivity contribution in [1.82, 2.24) is 25.2 Å². The van der Waals surface area contributed by atoms with Crippen LogP contribution in [0.3, 0.4) is 0 Å². The summed E-state index contributed by atoms with van der Waals surface area (Å²) in [4.78, 5) is 14.9. The van der Waals surface area contributed by atoms with Crippen molar-refractivity contribution < 1.29 is 4.79 Å². The normalized spacial score (nSPS) is 12.4. The number of nitrogens with zero attached hydrogens (tertiary/aromatic N) is 4. The van der Waals surface area contributed by atoms with E-state index in [1.54, 1.807) is 4.68 Å². The fraction of sp³-hybridized carbons (Fsp3) is 0.381. The van der Waals surface area contributed by atoms with Crippen molar-refractivity contribution in [2.75, 3.05) is 19.6 Å². The quantitative estimate of drug-likeness (QED) is 0.633. The predicted octanol–water partition coefficient (Wildman–Crippen LogP) is 2.50. The van der Waals surface area contributed by atoms with Crippen molar-refractivity contribution in [2.24, 2.45) is 0 Å². The average molecular weight is 365 g/mol. The molecular weight excluding hydrogens is 338 g/mol. The number of carbonyl (C=O) groups is 1. The van der Waals surface area contributed by atoms with Gasteiger partial charge in [-0.15, -0.1) is 5.10 Å². The van der Waals surface area contributed by atoms with Crippen molar-refractivity contribution in [2.45, 2.75) is 32.9 Å². The second-order valence-corrected chi connectivity index (χ2v) is 6.60. The van der Waals surface area contributed by atoms with Crippen LogP contribution in [0.5, 0.6) is 0 Å². The van der Waals surface area contributed by atoms with E-state index in [1.165, 1.54) is 5.56 Å². The number of amides is 1. The van der Waals surface area contributed by atoms with E-state index in [0.29, 0.717) is 6.54 Å². The molecule has 1 aromatic heterocycles. The minimum atomic E-state index is -0.0455. The number of likely N-dealkylation sites (N-methyl/N-ethyl adjacent to an activating group) is 1. The summed E-state index contributed by atoms with van der Waals surface area (Å²) in [6.45, 7) is 7.02. The lowest BCUT2D eigenvalue weighted by Crippen LogP contribution is -2.45. The molecule has 1 atom stereocenters. The molecule has 27 heavy (non-hydrogen) atoms. The molecule has 0 unspecified atom stereocenters. The highest BCUT2D eigenvalue weighted by molar-refractivity contribution is 5.79. The SMILES string of the molecule is CCN(CC)[C@@H](CNC(=O)Cn1nnc2ccccc21)Cc1ccccc1. The van der Waals surface area contributed by atoms with E-state index < -0.39 is 0 Å². The summed E-state index contributed by atoms with van der Waals surface area (Å²) in [5.74, 6) is -0.0455. The number of nitrogens with one attached hydrogen (secondary N) is 1. The zero-order chi connectivity index (χ0) is 19.1. The largest absolute Gasteiger partial charge is 0.353 e. The Morgan fingerprint density at radius 2 is 1.78 bits per heavy atom. The number of carbonyl (C=O) groups excluding carboxylic acids is 1. The second-order valence-electron chi connectivity index (χ2n) is 6.60. The molecule has 0 bridgehead atoms. The van der Waals surface area contributed by atoms with Crippen molar-refractivity contribution in [3.8, 4) is 0 Å². The van der Waals surface area contributed by atoms with E-state index in [0.717, 1.165) is 30.5 Å². The maximum Gasteiger partial charge on any atom is 0.241 e. The first-order valence-electron chi connectivity index (χ1n) is 9.54. The number of hydrogen-bond donors (Lipinski definition) is 1. The molecule has 0 radical (unpaired) electrons. The molecule has 1 N–H and O–H groups in total. The van der Waals surface area contributed by atoms with E-state index >= 15 is 0 Å². The van der Waals surface area contributed by atoms with Gasteiger partial charge in [0.25, 0.3) is 0 Å². The summed E-state index contributed by atoms with van der Waals surface area (Å²) < 4.78 is 1.65. The van der Waals surface area contributed by atoms with E-state index in [-0.39, 0.29) is 18.5 Å². The Kier molecular flexibility index (Phi) is 6.54. The third-order valence-corrected chi connectivity index (χ3v) is 4.89. The van der Waals surface area contributed by atoms with Crippen LogP contribution < -0.4 is 5.32 Å². The molecule has 0 saturated carbocycles. The van der Waals surface area contributed by atoms with Gasteiger partial charge in [0.2, 0.25) is 5.91 Å². The average Bonchev–Trinajstić information content (AvgIpc) is 3.10. The highest BCUT2D eigenvalue weighted by Crippen LogP contribution is 2.10. The minimum Gasteiger partial charge on any atom is -0.353 e. The first-order chi connectivity index (χ1) is 13.2. The van der Waals surface area contributed by atoms with Gasteiger partial charge in [-0.05, 0) is 37.2 Å². The zero-order valence-corrected chi connectivity index (χ0v) is 16.0. The van der Waals surface area contributed by atoms with Crippen LogP contribution in [0.2, 0.25) is 0 Å². The summed E-state index contributed by atoms with van der Waals surface area (Å²) in [7, 11) is 0. The van der Waals surface area contributed by atoms with Gasteiger partial charge in [0.1, 0.15) is 12.1 Å². The van der Waals surface area contributed by atoms with Crippen LogP contribution >= 0.6 is 0 Å². The van der Waals surface area contributed by atoms with Crippen LogP contribution in [0, 0.1) is 0 Å². The Morgan fingerprint density at radius 3 is 2.52 bits per heavy atom. The molecule has 0 spiro atoms. The van der Waals surface area contributed by atoms with Gasteiger partial charge >= 0.3 is 0 Å². The van der Waals surface area contributed by atoms with Crippen molar-refractivity contribution in [1.29, 1.82) is 0 Å². The van der Waals surface area contributed by atoms with Crippen molar-refractivity contribution in [3.63, 3.8) is 0 Å². The molecule has 3 aromatic rings. The minimum absolute atomic E-state index is 0.0455. The fourth-order valence-corrected chi connectivity index (χ4v) is 3.41. The molecule has 6 nitrogen and oxygen atoms in total. The number of fused-ring (bicyclic) bond motifs is 1. The molecule has 142 valence electrons. The number of rotatable bonds is 9. The smallest absolute Gasteiger partial charge is 0.241 e. The molecule has 1 heterocycles. The molecule has 2 aromatic carbocycles. The second kappa shape index (κ2) is 9.28. The number of benzene rings is 2. The van der Waals surface area contributed by atoms with Crippen LogP contribution in [0.25, 0.3) is 11.0 Å². The molecule has 0 aliphatic carbocycles. The van der Waals surface area contributed by atoms with Gasteiger partial charge in [-0.2, -0.15) is 0 Å². The Bertz CT molecular complexity index is 857. The zero-order valence-electron chi connectivity index (χ0n) is 16.0. The summed E-state index contributed by atoms with van der Waals surface area (Å²) in [5, 5.41) is 11.3. The number of aromatic nitrogens is 3. The van der Waals surface area contributed by atoms with Gasteiger partial charge < -0.3 is 5.32 Å². The van der Waals surface area contributed by atoms with E-state index in [1.807, 2.05) is 30.3 Å². The highest BCUT2D eigenvalue weighted by atomic mass is 16.2. The molecule has 0 aliphatic heterocycles. The predicted molar refractivity (Wildman–Crippen MR) is 107 cm³/mol. The maximum absolute atomic E-state index is 12.5. The van der Waals surface area contributed by atoms with Crippen molar-refractivity contribution >= 4 is 16.9 Å². The third-order valence-electron chi connectivity index (χ3n) is 4.89. The summed E-state index contributed by atoms with van der Waals surface area (Å²) >= 11 is 0. The monoisotopic (exact) mass is 365 g/mol. The fourth-order valence-electron chi connectivity index (χ4n) is 3.41. The lowest BCUT2D eigenvalue weighted by atomic mass is 10.0. The molecule has 1 amide bonds. The van der Waals surface area contributed by atoms with Crippen LogP contribution in [0.4, 0.5) is 0 Å². The summed E-state index contributed by atoms with van der Waals surface area (Å²) in [6, 6.07) is 18.4. The lowest BCUT2D eigenvalue weighted by Gasteiger charge is -2.30. The topological polar surface area (TPSA) is 63.1 Å². The van der Waals surface area contributed by atoms with Gasteiger partial charge in [0, 0.05) is 12.6 Å². The van der Waals surface area contributed by atoms with E-state index in [4.69, 9.17) is 0 Å². The lowest BCUT2D eigenvalue weighted by molar-refractivity contribution is -0.122. The van der Waals surface area contributed by atoms with Crippen LogP contribution in [0.15, 0.2) is 54.6 Å². The van der Waals surface area contributed by atoms with Crippen LogP contribution in [-0.2, 0) is 17.8 Å². The summed E-state index contributed by atoms with van der Waals surface area (Å²) in [6.07, 6.45) is 0.912. The molecular formula is C21H27N5O. The highest BCUT2D eigenvalue weighted by Gasteiger charge is 2.18. The molecule has 0 saturated heterocycles. The Labute approximate surface area is 160 Å². The molecule has 3 rings (SSSR count). The molecule has 0 fully saturated rings. The standard InChI is InChI=1S/C21H27N5O/c1-3-25(4-2)18(14-17-10-6-5-7-11-17)15-22-21(27)16-26-20-13-9-8-12-19(20)23-24-26/h5-13,18H,3-4,14-16H2,1-2H3,(H,22,27)/t18-/m1/s1. The van der Waals surface area contributed by atoms with Gasteiger partial charge in [-0.3, -0.25) is 9.69 Å². The van der Waals surface area contributed by atoms with E-state index in [9.17, 15) is 4.79 Å². The first kappa shape index (κ1) is 19.0. The number of para-hydroxylation sites is 1. The third kappa shape index (κ3) is 4.92. The Balaban J connectivity index is 1.62. The maximum atomic E-state index is 12.5. The van der Waals surface area contributed by atoms with Crippen molar-refractivity contribution in [3.05, 3.63) is 60.2 Å².